The van der Waals surface area contributed by atoms with Gasteiger partial charge in [-0.2, -0.15) is 0 Å². The molecule has 1 unspecified atom stereocenters. The number of hydrogen-bond acceptors (Lipinski definition) is 2. The summed E-state index contributed by atoms with van der Waals surface area (Å²) in [6.07, 6.45) is 10.5. The molecule has 0 aromatic rings. The summed E-state index contributed by atoms with van der Waals surface area (Å²) < 4.78 is 0. The molecule has 17 heavy (non-hydrogen) atoms. The molecule has 0 aromatic heterocycles. The molecule has 0 radical (unpaired) electrons. The Balaban J connectivity index is 2.67. The molecule has 0 saturated heterocycles. The molecule has 1 aliphatic carbocycles. The molecular formula is C15H32N2. The second-order valence-electron chi connectivity index (χ2n) is 5.66. The van der Waals surface area contributed by atoms with Crippen LogP contribution < -0.4 is 5.73 Å². The highest BCUT2D eigenvalue weighted by Crippen LogP contribution is 2.37. The van der Waals surface area contributed by atoms with Gasteiger partial charge in [0.05, 0.1) is 0 Å². The monoisotopic (exact) mass is 240 g/mol. The third-order valence-electron chi connectivity index (χ3n) is 4.38. The van der Waals surface area contributed by atoms with E-state index in [0.29, 0.717) is 5.54 Å². The van der Waals surface area contributed by atoms with Crippen LogP contribution in [0.5, 0.6) is 0 Å². The van der Waals surface area contributed by atoms with Crippen LogP contribution >= 0.6 is 0 Å². The maximum atomic E-state index is 6.16. The van der Waals surface area contributed by atoms with E-state index in [9.17, 15) is 0 Å². The molecule has 1 atom stereocenters. The fraction of sp³-hybridized carbons (Fsp3) is 1.00. The molecule has 0 bridgehead atoms. The quantitative estimate of drug-likeness (QED) is 0.633. The summed E-state index contributed by atoms with van der Waals surface area (Å²) >= 11 is 0. The first-order valence-corrected chi connectivity index (χ1v) is 7.70. The van der Waals surface area contributed by atoms with Crippen molar-refractivity contribution in [2.24, 2.45) is 5.73 Å². The van der Waals surface area contributed by atoms with Crippen LogP contribution in [0.2, 0.25) is 0 Å². The fourth-order valence-corrected chi connectivity index (χ4v) is 2.91. The van der Waals surface area contributed by atoms with E-state index in [1.807, 2.05) is 0 Å². The minimum absolute atomic E-state index is 0.298. The molecule has 2 N–H and O–H groups in total. The zero-order valence-electron chi connectivity index (χ0n) is 12.2. The summed E-state index contributed by atoms with van der Waals surface area (Å²) in [5.41, 5.74) is 6.45. The molecule has 1 fully saturated rings. The molecule has 2 heteroatoms. The lowest BCUT2D eigenvalue weighted by molar-refractivity contribution is 0.0679. The van der Waals surface area contributed by atoms with Crippen LogP contribution in [-0.4, -0.2) is 29.6 Å². The van der Waals surface area contributed by atoms with Crippen molar-refractivity contribution < 1.29 is 0 Å². The van der Waals surface area contributed by atoms with Gasteiger partial charge in [0.2, 0.25) is 0 Å². The Bertz CT molecular complexity index is 195. The minimum atomic E-state index is 0.298. The lowest BCUT2D eigenvalue weighted by Gasteiger charge is -2.44. The molecule has 1 saturated carbocycles. The maximum absolute atomic E-state index is 6.16. The lowest BCUT2D eigenvalue weighted by atomic mass is 9.87. The minimum Gasteiger partial charge on any atom is -0.329 e. The first kappa shape index (κ1) is 15.0. The third-order valence-corrected chi connectivity index (χ3v) is 4.38. The van der Waals surface area contributed by atoms with E-state index in [1.54, 1.807) is 0 Å². The van der Waals surface area contributed by atoms with Gasteiger partial charge in [-0.05, 0) is 38.6 Å². The lowest BCUT2D eigenvalue weighted by Crippen LogP contribution is -2.55. The number of nitrogens with two attached hydrogens (primary N) is 1. The van der Waals surface area contributed by atoms with Gasteiger partial charge in [-0.15, -0.1) is 0 Å². The molecule has 1 rings (SSSR count). The standard InChI is InChI=1S/C15H32N2/c1-4-7-11-15(6-3,13-16)17(12-8-5-2)14-9-10-14/h14H,4-13,16H2,1-3H3. The summed E-state index contributed by atoms with van der Waals surface area (Å²) in [6.45, 7) is 8.99. The fourth-order valence-electron chi connectivity index (χ4n) is 2.91. The van der Waals surface area contributed by atoms with Crippen LogP contribution in [0.15, 0.2) is 0 Å². The Morgan fingerprint density at radius 1 is 1.12 bits per heavy atom. The highest BCUT2D eigenvalue weighted by molar-refractivity contribution is 4.98. The number of nitrogens with zero attached hydrogens (tertiary/aromatic N) is 1. The van der Waals surface area contributed by atoms with Gasteiger partial charge < -0.3 is 5.73 Å². The van der Waals surface area contributed by atoms with Crippen LogP contribution in [0.25, 0.3) is 0 Å². The number of hydrogen-bond donors (Lipinski definition) is 1. The van der Waals surface area contributed by atoms with Gasteiger partial charge in [0.1, 0.15) is 0 Å². The van der Waals surface area contributed by atoms with E-state index in [4.69, 9.17) is 5.73 Å². The summed E-state index contributed by atoms with van der Waals surface area (Å²) in [5.74, 6) is 0. The molecule has 2 nitrogen and oxygen atoms in total. The normalized spacial score (nSPS) is 19.6. The Morgan fingerprint density at radius 2 is 1.76 bits per heavy atom. The molecule has 102 valence electrons. The van der Waals surface area contributed by atoms with Gasteiger partial charge in [-0.1, -0.05) is 40.0 Å². The summed E-state index contributed by atoms with van der Waals surface area (Å²) in [4.78, 5) is 2.77. The van der Waals surface area contributed by atoms with Crippen LogP contribution in [0.3, 0.4) is 0 Å². The summed E-state index contributed by atoms with van der Waals surface area (Å²) in [6, 6.07) is 0.849. The molecular weight excluding hydrogens is 208 g/mol. The average Bonchev–Trinajstić information content (AvgIpc) is 3.18. The largest absolute Gasteiger partial charge is 0.329 e. The molecule has 0 heterocycles. The highest BCUT2D eigenvalue weighted by atomic mass is 15.3. The van der Waals surface area contributed by atoms with Crippen LogP contribution in [0.1, 0.15) is 72.1 Å². The van der Waals surface area contributed by atoms with Crippen LogP contribution in [0.4, 0.5) is 0 Å². The van der Waals surface area contributed by atoms with Crippen molar-refractivity contribution >= 4 is 0 Å². The van der Waals surface area contributed by atoms with E-state index in [1.165, 1.54) is 57.9 Å². The predicted octanol–water partition coefficient (Wildman–Crippen LogP) is 3.55. The first-order chi connectivity index (χ1) is 8.24. The second kappa shape index (κ2) is 7.38. The maximum Gasteiger partial charge on any atom is 0.0332 e. The molecule has 0 aliphatic heterocycles. The van der Waals surface area contributed by atoms with Gasteiger partial charge >= 0.3 is 0 Å². The summed E-state index contributed by atoms with van der Waals surface area (Å²) in [7, 11) is 0. The van der Waals surface area contributed by atoms with Gasteiger partial charge in [-0.25, -0.2) is 0 Å². The SMILES string of the molecule is CCCCN(C1CC1)C(CC)(CN)CCCC. The topological polar surface area (TPSA) is 29.3 Å². The van der Waals surface area contributed by atoms with Crippen molar-refractivity contribution in [3.8, 4) is 0 Å². The van der Waals surface area contributed by atoms with E-state index in [2.05, 4.69) is 25.7 Å². The second-order valence-corrected chi connectivity index (χ2v) is 5.66. The smallest absolute Gasteiger partial charge is 0.0332 e. The van der Waals surface area contributed by atoms with Crippen molar-refractivity contribution in [3.63, 3.8) is 0 Å². The Labute approximate surface area is 108 Å². The van der Waals surface area contributed by atoms with E-state index in [0.717, 1.165) is 12.6 Å². The zero-order chi connectivity index (χ0) is 12.7. The van der Waals surface area contributed by atoms with Crippen LogP contribution in [-0.2, 0) is 0 Å². The van der Waals surface area contributed by atoms with Crippen molar-refractivity contribution in [3.05, 3.63) is 0 Å². The van der Waals surface area contributed by atoms with Gasteiger partial charge in [-0.3, -0.25) is 4.90 Å². The van der Waals surface area contributed by atoms with E-state index < -0.39 is 0 Å². The molecule has 0 aromatic carbocycles. The van der Waals surface area contributed by atoms with Crippen molar-refractivity contribution in [1.82, 2.24) is 4.90 Å². The number of unbranched alkanes of at least 4 members (excludes halogenated alkanes) is 2. The Hall–Kier alpha value is -0.0800. The van der Waals surface area contributed by atoms with Crippen molar-refractivity contribution in [2.75, 3.05) is 13.1 Å². The van der Waals surface area contributed by atoms with Crippen LogP contribution in [0, 0.1) is 0 Å². The van der Waals surface area contributed by atoms with Gasteiger partial charge in [0, 0.05) is 18.1 Å². The third kappa shape index (κ3) is 3.96. The summed E-state index contributed by atoms with van der Waals surface area (Å²) in [5, 5.41) is 0. The van der Waals surface area contributed by atoms with E-state index in [-0.39, 0.29) is 0 Å². The number of rotatable bonds is 10. The predicted molar refractivity (Wildman–Crippen MR) is 76.2 cm³/mol. The van der Waals surface area contributed by atoms with Gasteiger partial charge in [0.25, 0.3) is 0 Å². The molecule has 0 amide bonds. The highest BCUT2D eigenvalue weighted by Gasteiger charge is 2.41. The average molecular weight is 240 g/mol. The van der Waals surface area contributed by atoms with Crippen molar-refractivity contribution in [1.29, 1.82) is 0 Å². The zero-order valence-corrected chi connectivity index (χ0v) is 12.2. The van der Waals surface area contributed by atoms with Crippen molar-refractivity contribution in [2.45, 2.75) is 83.7 Å². The van der Waals surface area contributed by atoms with E-state index >= 15 is 0 Å². The molecule has 0 spiro atoms. The Kier molecular flexibility index (Phi) is 6.50. The molecule has 1 aliphatic rings. The Morgan fingerprint density at radius 3 is 2.18 bits per heavy atom. The first-order valence-electron chi connectivity index (χ1n) is 7.70. The van der Waals surface area contributed by atoms with Gasteiger partial charge in [0.15, 0.2) is 0 Å².